The van der Waals surface area contributed by atoms with Crippen LogP contribution in [0.15, 0.2) is 60.7 Å². The molecule has 5 nitrogen and oxygen atoms in total. The number of hydrogen-bond donors (Lipinski definition) is 1. The molecule has 1 amide bonds. The molecule has 0 aromatic heterocycles. The quantitative estimate of drug-likeness (QED) is 0.282. The fourth-order valence-corrected chi connectivity index (χ4v) is 5.20. The van der Waals surface area contributed by atoms with Crippen molar-refractivity contribution >= 4 is 14.4 Å². The highest BCUT2D eigenvalue weighted by molar-refractivity contribution is 6.74. The molecule has 1 aliphatic rings. The highest BCUT2D eigenvalue weighted by Crippen LogP contribution is 2.40. The highest BCUT2D eigenvalue weighted by Gasteiger charge is 2.50. The van der Waals surface area contributed by atoms with Crippen molar-refractivity contribution in [2.24, 2.45) is 5.92 Å². The number of ether oxygens (including phenoxy) is 2. The standard InChI is InChI=1S/C30H45NO4Si/c1-29(2,3)35-28(32)31-25(20-23-17-13-10-14-18-23)27-26(34-27)24(19-22-15-11-9-12-16-22)21-33-36(7,8)30(4,5)6/h9-18,24-27H,19-21H2,1-8H3,(H,31,32)/t24-,25-,26+,27-/m0/s1. The van der Waals surface area contributed by atoms with Crippen LogP contribution in [0.25, 0.3) is 0 Å². The molecule has 1 heterocycles. The normalized spacial score (nSPS) is 19.9. The van der Waals surface area contributed by atoms with Crippen molar-refractivity contribution in [1.29, 1.82) is 0 Å². The summed E-state index contributed by atoms with van der Waals surface area (Å²) in [6.45, 7) is 17.7. The zero-order valence-corrected chi connectivity index (χ0v) is 24.3. The van der Waals surface area contributed by atoms with Crippen LogP contribution in [0.4, 0.5) is 4.79 Å². The number of rotatable bonds is 10. The fraction of sp³-hybridized carbons (Fsp3) is 0.567. The Labute approximate surface area is 219 Å². The van der Waals surface area contributed by atoms with Crippen LogP contribution in [0.3, 0.4) is 0 Å². The van der Waals surface area contributed by atoms with Gasteiger partial charge in [-0.3, -0.25) is 0 Å². The minimum Gasteiger partial charge on any atom is -0.444 e. The summed E-state index contributed by atoms with van der Waals surface area (Å²) in [6, 6.07) is 20.6. The van der Waals surface area contributed by atoms with Crippen molar-refractivity contribution in [2.75, 3.05) is 6.61 Å². The predicted molar refractivity (Wildman–Crippen MR) is 149 cm³/mol. The van der Waals surface area contributed by atoms with Gasteiger partial charge >= 0.3 is 6.09 Å². The topological polar surface area (TPSA) is 60.1 Å². The van der Waals surface area contributed by atoms with E-state index >= 15 is 0 Å². The largest absolute Gasteiger partial charge is 0.444 e. The lowest BCUT2D eigenvalue weighted by molar-refractivity contribution is 0.0495. The molecule has 0 aliphatic carbocycles. The van der Waals surface area contributed by atoms with Crippen LogP contribution in [0.2, 0.25) is 18.1 Å². The van der Waals surface area contributed by atoms with E-state index in [4.69, 9.17) is 13.9 Å². The second-order valence-corrected chi connectivity index (χ2v) is 17.3. The van der Waals surface area contributed by atoms with E-state index in [0.29, 0.717) is 13.0 Å². The van der Waals surface area contributed by atoms with Crippen LogP contribution in [0, 0.1) is 5.92 Å². The lowest BCUT2D eigenvalue weighted by Crippen LogP contribution is -2.45. The third-order valence-corrected chi connectivity index (χ3v) is 11.7. The molecule has 4 atom stereocenters. The van der Waals surface area contributed by atoms with Crippen molar-refractivity contribution in [1.82, 2.24) is 5.32 Å². The van der Waals surface area contributed by atoms with Crippen LogP contribution in [-0.4, -0.2) is 44.9 Å². The van der Waals surface area contributed by atoms with Crippen molar-refractivity contribution < 1.29 is 18.7 Å². The van der Waals surface area contributed by atoms with Crippen molar-refractivity contribution in [3.05, 3.63) is 71.8 Å². The zero-order valence-electron chi connectivity index (χ0n) is 23.3. The van der Waals surface area contributed by atoms with Gasteiger partial charge in [-0.1, -0.05) is 81.4 Å². The maximum atomic E-state index is 12.7. The minimum absolute atomic E-state index is 0.0126. The van der Waals surface area contributed by atoms with E-state index in [0.717, 1.165) is 12.0 Å². The summed E-state index contributed by atoms with van der Waals surface area (Å²) in [5, 5.41) is 3.25. The summed E-state index contributed by atoms with van der Waals surface area (Å²) in [7, 11) is -1.91. The van der Waals surface area contributed by atoms with Crippen LogP contribution >= 0.6 is 0 Å². The third-order valence-electron chi connectivity index (χ3n) is 7.23. The maximum Gasteiger partial charge on any atom is 0.407 e. The van der Waals surface area contributed by atoms with E-state index in [-0.39, 0.29) is 29.2 Å². The Balaban J connectivity index is 1.77. The van der Waals surface area contributed by atoms with Crippen molar-refractivity contribution in [2.45, 2.75) is 96.4 Å². The van der Waals surface area contributed by atoms with E-state index in [1.807, 2.05) is 45.0 Å². The SMILES string of the molecule is CC(C)(C)OC(=O)N[C@@H](Cc1ccccc1)[C@@H]1O[C@@H]1[C@H](CO[Si](C)(C)C(C)(C)C)Cc1ccccc1. The summed E-state index contributed by atoms with van der Waals surface area (Å²) in [5.41, 5.74) is 1.87. The van der Waals surface area contributed by atoms with Gasteiger partial charge in [0.15, 0.2) is 8.32 Å². The lowest BCUT2D eigenvalue weighted by atomic mass is 9.92. The number of benzene rings is 2. The number of carbonyl (C=O) groups excluding carboxylic acids is 1. The Morgan fingerprint density at radius 2 is 1.42 bits per heavy atom. The first-order valence-electron chi connectivity index (χ1n) is 13.1. The van der Waals surface area contributed by atoms with E-state index in [1.165, 1.54) is 5.56 Å². The van der Waals surface area contributed by atoms with Gasteiger partial charge in [0.1, 0.15) is 11.7 Å². The number of carbonyl (C=O) groups is 1. The van der Waals surface area contributed by atoms with Crippen LogP contribution in [-0.2, 0) is 26.7 Å². The minimum atomic E-state index is -1.91. The van der Waals surface area contributed by atoms with E-state index in [2.05, 4.69) is 75.6 Å². The monoisotopic (exact) mass is 511 g/mol. The summed E-state index contributed by atoms with van der Waals surface area (Å²) < 4.78 is 18.6. The first-order valence-corrected chi connectivity index (χ1v) is 16.0. The molecule has 3 rings (SSSR count). The summed E-state index contributed by atoms with van der Waals surface area (Å²) in [4.78, 5) is 12.7. The molecule has 0 bridgehead atoms. The zero-order chi connectivity index (χ0) is 26.6. The molecule has 2 aromatic carbocycles. The smallest absolute Gasteiger partial charge is 0.407 e. The molecular weight excluding hydrogens is 466 g/mol. The number of hydrogen-bond acceptors (Lipinski definition) is 4. The molecule has 1 N–H and O–H groups in total. The van der Waals surface area contributed by atoms with E-state index in [1.54, 1.807) is 0 Å². The Morgan fingerprint density at radius 3 is 1.92 bits per heavy atom. The van der Waals surface area contributed by atoms with Crippen LogP contribution in [0.5, 0.6) is 0 Å². The van der Waals surface area contributed by atoms with Gasteiger partial charge in [0.2, 0.25) is 0 Å². The van der Waals surface area contributed by atoms with E-state index < -0.39 is 20.0 Å². The highest BCUT2D eigenvalue weighted by atomic mass is 28.4. The Bertz CT molecular complexity index is 966. The van der Waals surface area contributed by atoms with Crippen molar-refractivity contribution in [3.63, 3.8) is 0 Å². The molecule has 36 heavy (non-hydrogen) atoms. The molecule has 0 saturated carbocycles. The molecule has 6 heteroatoms. The molecule has 2 aromatic rings. The van der Waals surface area contributed by atoms with Gasteiger partial charge in [-0.25, -0.2) is 4.79 Å². The van der Waals surface area contributed by atoms with Gasteiger partial charge < -0.3 is 19.2 Å². The first-order chi connectivity index (χ1) is 16.7. The average Bonchev–Trinajstić information content (AvgIpc) is 3.56. The molecule has 0 radical (unpaired) electrons. The molecule has 1 aliphatic heterocycles. The third kappa shape index (κ3) is 8.46. The van der Waals surface area contributed by atoms with Gasteiger partial charge in [0, 0.05) is 12.5 Å². The number of amides is 1. The number of epoxide rings is 1. The second kappa shape index (κ2) is 11.5. The molecule has 198 valence electrons. The lowest BCUT2D eigenvalue weighted by Gasteiger charge is -2.37. The molecule has 0 unspecified atom stereocenters. The van der Waals surface area contributed by atoms with Gasteiger partial charge in [-0.2, -0.15) is 0 Å². The van der Waals surface area contributed by atoms with Gasteiger partial charge in [-0.15, -0.1) is 0 Å². The molecule has 0 spiro atoms. The van der Waals surface area contributed by atoms with Crippen LogP contribution in [0.1, 0.15) is 52.7 Å². The predicted octanol–water partition coefficient (Wildman–Crippen LogP) is 6.77. The van der Waals surface area contributed by atoms with Gasteiger partial charge in [-0.05, 0) is 62.9 Å². The maximum absolute atomic E-state index is 12.7. The molecule has 1 saturated heterocycles. The van der Waals surface area contributed by atoms with E-state index in [9.17, 15) is 4.79 Å². The Kier molecular flexibility index (Phi) is 9.07. The summed E-state index contributed by atoms with van der Waals surface area (Å²) >= 11 is 0. The second-order valence-electron chi connectivity index (χ2n) is 12.5. The fourth-order valence-electron chi connectivity index (χ4n) is 4.13. The molecular formula is C30H45NO4Si. The van der Waals surface area contributed by atoms with Crippen LogP contribution < -0.4 is 5.32 Å². The van der Waals surface area contributed by atoms with Crippen molar-refractivity contribution in [3.8, 4) is 0 Å². The number of alkyl carbamates (subject to hydrolysis) is 1. The first kappa shape index (κ1) is 28.4. The van der Waals surface area contributed by atoms with Gasteiger partial charge in [0.25, 0.3) is 0 Å². The Morgan fingerprint density at radius 1 is 0.889 bits per heavy atom. The average molecular weight is 512 g/mol. The Hall–Kier alpha value is -2.15. The summed E-state index contributed by atoms with van der Waals surface area (Å²) in [6.07, 6.45) is 1.08. The number of nitrogens with one attached hydrogen (secondary N) is 1. The van der Waals surface area contributed by atoms with Gasteiger partial charge in [0.05, 0.1) is 12.1 Å². The summed E-state index contributed by atoms with van der Waals surface area (Å²) in [5.74, 6) is 0.199. The molecule has 1 fully saturated rings.